The highest BCUT2D eigenvalue weighted by atomic mass is 35.5. The lowest BCUT2D eigenvalue weighted by atomic mass is 10.0. The number of nitrogens with one attached hydrogen (secondary N) is 1. The van der Waals surface area contributed by atoms with Crippen LogP contribution in [0.1, 0.15) is 30.8 Å². The third kappa shape index (κ3) is 4.14. The maximum Gasteiger partial charge on any atom is 0.0649 e. The fourth-order valence-corrected chi connectivity index (χ4v) is 2.54. The van der Waals surface area contributed by atoms with E-state index in [0.717, 1.165) is 29.5 Å². The first-order valence-electron chi connectivity index (χ1n) is 7.91. The van der Waals surface area contributed by atoms with Gasteiger partial charge in [-0.3, -0.25) is 0 Å². The predicted molar refractivity (Wildman–Crippen MR) is 97.5 cm³/mol. The van der Waals surface area contributed by atoms with E-state index in [9.17, 15) is 0 Å². The number of likely N-dealkylation sites (N-methyl/N-ethyl adjacent to an activating group) is 1. The minimum Gasteiger partial charge on any atom is -0.311 e. The first-order chi connectivity index (χ1) is 10.7. The van der Waals surface area contributed by atoms with Crippen LogP contribution in [0.3, 0.4) is 0 Å². The molecule has 0 aliphatic heterocycles. The molecule has 0 unspecified atom stereocenters. The van der Waals surface area contributed by atoms with Crippen molar-refractivity contribution < 1.29 is 0 Å². The Balaban J connectivity index is 2.14. The van der Waals surface area contributed by atoms with E-state index in [4.69, 9.17) is 11.6 Å². The molecule has 0 bridgehead atoms. The van der Waals surface area contributed by atoms with E-state index in [-0.39, 0.29) is 5.54 Å². The monoisotopic (exact) mass is 334 g/mol. The zero-order chi connectivity index (χ0) is 17.2. The third-order valence-electron chi connectivity index (χ3n) is 4.58. The molecule has 4 nitrogen and oxygen atoms in total. The number of nitrogens with zero attached hydrogens (tertiary/aromatic N) is 3. The summed E-state index contributed by atoms with van der Waals surface area (Å²) in [4.78, 5) is 2.23. The smallest absolute Gasteiger partial charge is 0.0649 e. The fraction of sp³-hybridized carbons (Fsp3) is 0.500. The summed E-state index contributed by atoms with van der Waals surface area (Å²) in [6.45, 7) is 10.4. The maximum absolute atomic E-state index is 5.97. The molecular weight excluding hydrogens is 308 g/mol. The van der Waals surface area contributed by atoms with Gasteiger partial charge in [-0.25, -0.2) is 4.68 Å². The third-order valence-corrected chi connectivity index (χ3v) is 4.83. The molecule has 0 radical (unpaired) electrons. The second-order valence-corrected chi connectivity index (χ2v) is 7.28. The Bertz CT molecular complexity index is 656. The highest BCUT2D eigenvalue weighted by Crippen LogP contribution is 2.20. The molecule has 0 fully saturated rings. The van der Waals surface area contributed by atoms with Crippen LogP contribution in [-0.4, -0.2) is 40.9 Å². The lowest BCUT2D eigenvalue weighted by Gasteiger charge is -2.32. The Kier molecular flexibility index (Phi) is 5.50. The van der Waals surface area contributed by atoms with Crippen LogP contribution in [0.4, 0.5) is 0 Å². The molecule has 0 amide bonds. The molecule has 1 heterocycles. The van der Waals surface area contributed by atoms with Crippen molar-refractivity contribution in [3.05, 3.63) is 46.2 Å². The van der Waals surface area contributed by atoms with Gasteiger partial charge in [-0.1, -0.05) is 11.6 Å². The van der Waals surface area contributed by atoms with Crippen LogP contribution in [-0.2, 0) is 6.54 Å². The summed E-state index contributed by atoms with van der Waals surface area (Å²) in [5, 5.41) is 8.99. The number of aryl methyl sites for hydroxylation is 1. The molecule has 0 saturated heterocycles. The Morgan fingerprint density at radius 3 is 2.35 bits per heavy atom. The van der Waals surface area contributed by atoms with Gasteiger partial charge >= 0.3 is 0 Å². The van der Waals surface area contributed by atoms with Crippen LogP contribution >= 0.6 is 11.6 Å². The number of aromatic nitrogens is 2. The van der Waals surface area contributed by atoms with E-state index < -0.39 is 0 Å². The summed E-state index contributed by atoms with van der Waals surface area (Å²) in [6.07, 6.45) is 0. The van der Waals surface area contributed by atoms with Gasteiger partial charge in [0.05, 0.1) is 11.4 Å². The largest absolute Gasteiger partial charge is 0.311 e. The zero-order valence-electron chi connectivity index (χ0n) is 14.9. The van der Waals surface area contributed by atoms with E-state index in [1.54, 1.807) is 0 Å². The van der Waals surface area contributed by atoms with Crippen molar-refractivity contribution in [2.24, 2.45) is 0 Å². The maximum atomic E-state index is 5.97. The molecule has 1 aromatic carbocycles. The summed E-state index contributed by atoms with van der Waals surface area (Å²) >= 11 is 5.97. The molecule has 0 aliphatic carbocycles. The first kappa shape index (κ1) is 18.0. The van der Waals surface area contributed by atoms with Gasteiger partial charge in [0, 0.05) is 34.9 Å². The normalized spacial score (nSPS) is 12.2. The molecule has 2 aromatic rings. The minimum absolute atomic E-state index is 0.119. The van der Waals surface area contributed by atoms with Crippen molar-refractivity contribution in [2.45, 2.75) is 39.8 Å². The fourth-order valence-electron chi connectivity index (χ4n) is 2.42. The Morgan fingerprint density at radius 1 is 1.17 bits per heavy atom. The molecule has 5 heteroatoms. The summed E-state index contributed by atoms with van der Waals surface area (Å²) < 4.78 is 1.99. The van der Waals surface area contributed by atoms with Gasteiger partial charge in [-0.05, 0) is 66.1 Å². The van der Waals surface area contributed by atoms with E-state index >= 15 is 0 Å². The predicted octanol–water partition coefficient (Wildman–Crippen LogP) is 3.57. The van der Waals surface area contributed by atoms with Crippen LogP contribution in [0.25, 0.3) is 5.69 Å². The summed E-state index contributed by atoms with van der Waals surface area (Å²) in [5.74, 6) is 0. The van der Waals surface area contributed by atoms with Crippen molar-refractivity contribution >= 4 is 11.6 Å². The van der Waals surface area contributed by atoms with Crippen molar-refractivity contribution in [3.63, 3.8) is 0 Å². The summed E-state index contributed by atoms with van der Waals surface area (Å²) in [6, 6.07) is 7.78. The van der Waals surface area contributed by atoms with E-state index in [1.165, 1.54) is 11.3 Å². The second-order valence-electron chi connectivity index (χ2n) is 6.85. The van der Waals surface area contributed by atoms with Gasteiger partial charge < -0.3 is 10.2 Å². The number of hydrogen-bond donors (Lipinski definition) is 1. The van der Waals surface area contributed by atoms with Crippen LogP contribution in [0, 0.1) is 13.8 Å². The van der Waals surface area contributed by atoms with Gasteiger partial charge in [-0.15, -0.1) is 0 Å². The van der Waals surface area contributed by atoms with E-state index in [0.29, 0.717) is 0 Å². The second kappa shape index (κ2) is 7.04. The van der Waals surface area contributed by atoms with Crippen LogP contribution in [0.2, 0.25) is 5.02 Å². The van der Waals surface area contributed by atoms with Crippen LogP contribution < -0.4 is 5.32 Å². The number of benzene rings is 1. The molecule has 1 N–H and O–H groups in total. The average Bonchev–Trinajstić information content (AvgIpc) is 2.76. The average molecular weight is 335 g/mol. The number of hydrogen-bond acceptors (Lipinski definition) is 3. The lowest BCUT2D eigenvalue weighted by molar-refractivity contribution is 0.189. The number of rotatable bonds is 6. The lowest BCUT2D eigenvalue weighted by Crippen LogP contribution is -2.46. The van der Waals surface area contributed by atoms with Crippen LogP contribution in [0.5, 0.6) is 0 Å². The van der Waals surface area contributed by atoms with Gasteiger partial charge in [0.1, 0.15) is 0 Å². The topological polar surface area (TPSA) is 33.1 Å². The Labute approximate surface area is 144 Å². The van der Waals surface area contributed by atoms with Crippen molar-refractivity contribution in [3.8, 4) is 5.69 Å². The summed E-state index contributed by atoms with van der Waals surface area (Å²) in [7, 11) is 4.22. The molecule has 0 atom stereocenters. The zero-order valence-corrected chi connectivity index (χ0v) is 15.7. The standard InChI is InChI=1S/C18H27ClN4/c1-13-17(11-20-12-18(3,4)22(5)6)14(2)23(21-13)16-9-7-15(19)8-10-16/h7-10,20H,11-12H2,1-6H3. The van der Waals surface area contributed by atoms with Crippen molar-refractivity contribution in [2.75, 3.05) is 20.6 Å². The highest BCUT2D eigenvalue weighted by Gasteiger charge is 2.20. The van der Waals surface area contributed by atoms with Gasteiger partial charge in [0.2, 0.25) is 0 Å². The van der Waals surface area contributed by atoms with Crippen molar-refractivity contribution in [1.29, 1.82) is 0 Å². The van der Waals surface area contributed by atoms with Gasteiger partial charge in [-0.2, -0.15) is 5.10 Å². The van der Waals surface area contributed by atoms with E-state index in [1.807, 2.05) is 28.9 Å². The molecule has 2 rings (SSSR count). The molecule has 126 valence electrons. The highest BCUT2D eigenvalue weighted by molar-refractivity contribution is 6.30. The number of halogens is 1. The Hall–Kier alpha value is -1.36. The SMILES string of the molecule is Cc1nn(-c2ccc(Cl)cc2)c(C)c1CNCC(C)(C)N(C)C. The minimum atomic E-state index is 0.119. The molecule has 1 aromatic heterocycles. The molecular formula is C18H27ClN4. The Morgan fingerprint density at radius 2 is 1.78 bits per heavy atom. The molecule has 0 aliphatic rings. The molecule has 0 saturated carbocycles. The summed E-state index contributed by atoms with van der Waals surface area (Å²) in [5.41, 5.74) is 4.64. The van der Waals surface area contributed by atoms with E-state index in [2.05, 4.69) is 57.1 Å². The van der Waals surface area contributed by atoms with Crippen molar-refractivity contribution in [1.82, 2.24) is 20.0 Å². The molecule has 23 heavy (non-hydrogen) atoms. The first-order valence-corrected chi connectivity index (χ1v) is 8.29. The quantitative estimate of drug-likeness (QED) is 0.876. The molecule has 0 spiro atoms. The van der Waals surface area contributed by atoms with Crippen LogP contribution in [0.15, 0.2) is 24.3 Å². The van der Waals surface area contributed by atoms with Gasteiger partial charge in [0.25, 0.3) is 0 Å². The van der Waals surface area contributed by atoms with Gasteiger partial charge in [0.15, 0.2) is 0 Å².